The van der Waals surface area contributed by atoms with Gasteiger partial charge in [-0.2, -0.15) is 0 Å². The molecule has 1 heterocycles. The molecule has 0 aromatic heterocycles. The molecule has 0 aliphatic carbocycles. The van der Waals surface area contributed by atoms with E-state index in [-0.39, 0.29) is 24.5 Å². The van der Waals surface area contributed by atoms with Gasteiger partial charge in [0.2, 0.25) is 5.91 Å². The number of nitrogens with zero attached hydrogens (tertiary/aromatic N) is 2. The van der Waals surface area contributed by atoms with E-state index in [0.717, 1.165) is 0 Å². The minimum atomic E-state index is -0.343. The molecule has 1 atom stereocenters. The van der Waals surface area contributed by atoms with Crippen LogP contribution in [-0.4, -0.2) is 60.4 Å². The zero-order chi connectivity index (χ0) is 16.1. The van der Waals surface area contributed by atoms with Crippen molar-refractivity contribution in [2.45, 2.75) is 13.0 Å². The Morgan fingerprint density at radius 2 is 2.00 bits per heavy atom. The number of hydrogen-bond donors (Lipinski definition) is 1. The van der Waals surface area contributed by atoms with Gasteiger partial charge in [0, 0.05) is 31.2 Å². The van der Waals surface area contributed by atoms with Crippen molar-refractivity contribution in [2.75, 3.05) is 32.8 Å². The quantitative estimate of drug-likeness (QED) is 0.866. The summed E-state index contributed by atoms with van der Waals surface area (Å²) in [6.45, 7) is 4.15. The van der Waals surface area contributed by atoms with E-state index in [9.17, 15) is 9.59 Å². The molecule has 2 rings (SSSR count). The minimum Gasteiger partial charge on any atom is -0.484 e. The number of ether oxygens (including phenoxy) is 1. The highest BCUT2D eigenvalue weighted by molar-refractivity contribution is 6.30. The predicted octanol–water partition coefficient (Wildman–Crippen LogP) is 0.737. The fourth-order valence-corrected chi connectivity index (χ4v) is 2.51. The summed E-state index contributed by atoms with van der Waals surface area (Å²) in [7, 11) is 0. The van der Waals surface area contributed by atoms with Crippen molar-refractivity contribution in [2.24, 2.45) is 5.73 Å². The second kappa shape index (κ2) is 7.47. The third kappa shape index (κ3) is 4.35. The molecule has 22 heavy (non-hydrogen) atoms. The first kappa shape index (κ1) is 16.6. The molecule has 1 unspecified atom stereocenters. The molecule has 0 spiro atoms. The highest BCUT2D eigenvalue weighted by Gasteiger charge is 2.26. The molecule has 1 aromatic carbocycles. The molecule has 7 heteroatoms. The summed E-state index contributed by atoms with van der Waals surface area (Å²) in [6, 6.07) is 6.63. The number of amides is 2. The van der Waals surface area contributed by atoms with Gasteiger partial charge in [-0.25, -0.2) is 0 Å². The number of hydrogen-bond acceptors (Lipinski definition) is 4. The molecule has 1 aromatic rings. The van der Waals surface area contributed by atoms with E-state index in [0.29, 0.717) is 37.0 Å². The zero-order valence-corrected chi connectivity index (χ0v) is 13.3. The van der Waals surface area contributed by atoms with Gasteiger partial charge in [0.25, 0.3) is 5.91 Å². The van der Waals surface area contributed by atoms with Crippen molar-refractivity contribution in [1.29, 1.82) is 0 Å². The van der Waals surface area contributed by atoms with E-state index >= 15 is 0 Å². The SMILES string of the molecule is CC(C(N)=O)N1CCN(C(=O)COc2cccc(Cl)c2)CC1. The average molecular weight is 326 g/mol. The van der Waals surface area contributed by atoms with E-state index in [1.54, 1.807) is 36.1 Å². The molecule has 2 amide bonds. The van der Waals surface area contributed by atoms with Crippen LogP contribution in [0.15, 0.2) is 24.3 Å². The van der Waals surface area contributed by atoms with Crippen LogP contribution in [0.3, 0.4) is 0 Å². The van der Waals surface area contributed by atoms with Crippen molar-refractivity contribution in [3.63, 3.8) is 0 Å². The fourth-order valence-electron chi connectivity index (χ4n) is 2.33. The second-order valence-electron chi connectivity index (χ2n) is 5.24. The van der Waals surface area contributed by atoms with Gasteiger partial charge in [-0.05, 0) is 25.1 Å². The lowest BCUT2D eigenvalue weighted by Gasteiger charge is -2.36. The second-order valence-corrected chi connectivity index (χ2v) is 5.68. The molecular formula is C15H20ClN3O3. The minimum absolute atomic E-state index is 0.0221. The molecule has 0 radical (unpaired) electrons. The molecular weight excluding hydrogens is 306 g/mol. The smallest absolute Gasteiger partial charge is 0.260 e. The van der Waals surface area contributed by atoms with Crippen LogP contribution < -0.4 is 10.5 Å². The van der Waals surface area contributed by atoms with E-state index in [1.807, 2.05) is 4.90 Å². The topological polar surface area (TPSA) is 75.9 Å². The summed E-state index contributed by atoms with van der Waals surface area (Å²) in [4.78, 5) is 27.0. The van der Waals surface area contributed by atoms with Crippen molar-refractivity contribution in [1.82, 2.24) is 9.80 Å². The predicted molar refractivity (Wildman–Crippen MR) is 83.8 cm³/mol. The highest BCUT2D eigenvalue weighted by atomic mass is 35.5. The first-order chi connectivity index (χ1) is 10.5. The van der Waals surface area contributed by atoms with Crippen LogP contribution in [0.2, 0.25) is 5.02 Å². The Bertz CT molecular complexity index is 545. The van der Waals surface area contributed by atoms with Crippen molar-refractivity contribution < 1.29 is 14.3 Å². The first-order valence-corrected chi connectivity index (χ1v) is 7.54. The number of halogens is 1. The van der Waals surface area contributed by atoms with Gasteiger partial charge in [-0.1, -0.05) is 17.7 Å². The summed E-state index contributed by atoms with van der Waals surface area (Å²) in [6.07, 6.45) is 0. The average Bonchev–Trinajstić information content (AvgIpc) is 2.52. The number of nitrogens with two attached hydrogens (primary N) is 1. The summed E-state index contributed by atoms with van der Waals surface area (Å²) in [5.74, 6) is 0.150. The first-order valence-electron chi connectivity index (χ1n) is 7.17. The monoisotopic (exact) mass is 325 g/mol. The van der Waals surface area contributed by atoms with Crippen molar-refractivity contribution in [3.05, 3.63) is 29.3 Å². The Labute approximate surface area is 134 Å². The maximum Gasteiger partial charge on any atom is 0.260 e. The number of primary amides is 1. The van der Waals surface area contributed by atoms with Crippen LogP contribution in [-0.2, 0) is 9.59 Å². The number of carbonyl (C=O) groups excluding carboxylic acids is 2. The third-order valence-electron chi connectivity index (χ3n) is 3.78. The van der Waals surface area contributed by atoms with Crippen LogP contribution in [0.25, 0.3) is 0 Å². The number of piperazine rings is 1. The largest absolute Gasteiger partial charge is 0.484 e. The number of rotatable bonds is 5. The van der Waals surface area contributed by atoms with Gasteiger partial charge in [-0.3, -0.25) is 14.5 Å². The lowest BCUT2D eigenvalue weighted by atomic mass is 10.2. The summed E-state index contributed by atoms with van der Waals surface area (Å²) in [5.41, 5.74) is 5.29. The molecule has 0 bridgehead atoms. The van der Waals surface area contributed by atoms with Gasteiger partial charge in [0.15, 0.2) is 6.61 Å². The third-order valence-corrected chi connectivity index (χ3v) is 4.02. The molecule has 1 fully saturated rings. The van der Waals surface area contributed by atoms with Gasteiger partial charge in [0.1, 0.15) is 5.75 Å². The zero-order valence-electron chi connectivity index (χ0n) is 12.5. The summed E-state index contributed by atoms with van der Waals surface area (Å²) in [5, 5.41) is 0.569. The summed E-state index contributed by atoms with van der Waals surface area (Å²) < 4.78 is 5.45. The van der Waals surface area contributed by atoms with Gasteiger partial charge in [-0.15, -0.1) is 0 Å². The number of benzene rings is 1. The molecule has 1 aliphatic heterocycles. The Morgan fingerprint density at radius 1 is 1.32 bits per heavy atom. The lowest BCUT2D eigenvalue weighted by molar-refractivity contribution is -0.135. The van der Waals surface area contributed by atoms with E-state index in [2.05, 4.69) is 0 Å². The van der Waals surface area contributed by atoms with Crippen LogP contribution in [0.1, 0.15) is 6.92 Å². The van der Waals surface area contributed by atoms with Crippen molar-refractivity contribution in [3.8, 4) is 5.75 Å². The fraction of sp³-hybridized carbons (Fsp3) is 0.467. The van der Waals surface area contributed by atoms with Gasteiger partial charge < -0.3 is 15.4 Å². The Balaban J connectivity index is 1.79. The molecule has 1 aliphatic rings. The highest BCUT2D eigenvalue weighted by Crippen LogP contribution is 2.17. The van der Waals surface area contributed by atoms with Gasteiger partial charge in [0.05, 0.1) is 6.04 Å². The molecule has 0 saturated carbocycles. The standard InChI is InChI=1S/C15H20ClN3O3/c1-11(15(17)21)18-5-7-19(8-6-18)14(20)10-22-13-4-2-3-12(16)9-13/h2-4,9,11H,5-8,10H2,1H3,(H2,17,21). The molecule has 2 N–H and O–H groups in total. The molecule has 6 nitrogen and oxygen atoms in total. The normalized spacial score (nSPS) is 17.1. The van der Waals surface area contributed by atoms with E-state index in [1.165, 1.54) is 0 Å². The lowest BCUT2D eigenvalue weighted by Crippen LogP contribution is -2.54. The van der Waals surface area contributed by atoms with Crippen LogP contribution in [0.5, 0.6) is 5.75 Å². The van der Waals surface area contributed by atoms with E-state index < -0.39 is 0 Å². The van der Waals surface area contributed by atoms with E-state index in [4.69, 9.17) is 22.1 Å². The molecule has 120 valence electrons. The van der Waals surface area contributed by atoms with Crippen LogP contribution in [0.4, 0.5) is 0 Å². The molecule has 1 saturated heterocycles. The Hall–Kier alpha value is -1.79. The number of carbonyl (C=O) groups is 2. The Morgan fingerprint density at radius 3 is 2.59 bits per heavy atom. The van der Waals surface area contributed by atoms with Crippen LogP contribution in [0, 0.1) is 0 Å². The maximum atomic E-state index is 12.1. The van der Waals surface area contributed by atoms with Gasteiger partial charge >= 0.3 is 0 Å². The van der Waals surface area contributed by atoms with Crippen molar-refractivity contribution >= 4 is 23.4 Å². The van der Waals surface area contributed by atoms with Crippen LogP contribution >= 0.6 is 11.6 Å². The summed E-state index contributed by atoms with van der Waals surface area (Å²) >= 11 is 5.86. The Kier molecular flexibility index (Phi) is 5.63. The maximum absolute atomic E-state index is 12.1.